The van der Waals surface area contributed by atoms with Crippen LogP contribution in [0.3, 0.4) is 0 Å². The number of guanidine groups is 1. The fourth-order valence-corrected chi connectivity index (χ4v) is 2.87. The average Bonchev–Trinajstić information content (AvgIpc) is 2.64. The molecule has 1 aliphatic rings. The lowest BCUT2D eigenvalue weighted by atomic mass is 10.2. The Hall–Kier alpha value is -1.09. The molecule has 0 unspecified atom stereocenters. The van der Waals surface area contributed by atoms with Gasteiger partial charge in [-0.3, -0.25) is 0 Å². The number of hydrogen-bond donors (Lipinski definition) is 1. The number of hydrogen-bond acceptors (Lipinski definition) is 4. The number of unbranched alkanes of at least 4 members (excludes halogenated alkanes) is 1. The number of anilines is 1. The van der Waals surface area contributed by atoms with Gasteiger partial charge in [-0.2, -0.15) is 0 Å². The SMILES string of the molecule is CCCCN(C)C(=NCc1ccc(N2CCN(C)CC2)nc1)NCC.I. The van der Waals surface area contributed by atoms with E-state index >= 15 is 0 Å². The lowest BCUT2D eigenvalue weighted by Gasteiger charge is -2.33. The van der Waals surface area contributed by atoms with Crippen LogP contribution < -0.4 is 10.2 Å². The maximum atomic E-state index is 4.76. The quantitative estimate of drug-likeness (QED) is 0.374. The van der Waals surface area contributed by atoms with Gasteiger partial charge in [0, 0.05) is 52.5 Å². The lowest BCUT2D eigenvalue weighted by molar-refractivity contribution is 0.312. The number of piperazine rings is 1. The van der Waals surface area contributed by atoms with Crippen LogP contribution in [0.2, 0.25) is 0 Å². The molecule has 1 fully saturated rings. The maximum absolute atomic E-state index is 4.76. The van der Waals surface area contributed by atoms with Crippen LogP contribution in [0.5, 0.6) is 0 Å². The maximum Gasteiger partial charge on any atom is 0.193 e. The largest absolute Gasteiger partial charge is 0.357 e. The third-order valence-electron chi connectivity index (χ3n) is 4.59. The summed E-state index contributed by atoms with van der Waals surface area (Å²) in [5.41, 5.74) is 1.15. The number of aromatic nitrogens is 1. The number of nitrogens with one attached hydrogen (secondary N) is 1. The molecule has 148 valence electrons. The summed E-state index contributed by atoms with van der Waals surface area (Å²) >= 11 is 0. The first-order valence-corrected chi connectivity index (χ1v) is 9.52. The Bertz CT molecular complexity index is 525. The van der Waals surface area contributed by atoms with Crippen molar-refractivity contribution in [2.75, 3.05) is 58.3 Å². The van der Waals surface area contributed by atoms with Gasteiger partial charge in [0.2, 0.25) is 0 Å². The fraction of sp³-hybridized carbons (Fsp3) is 0.684. The summed E-state index contributed by atoms with van der Waals surface area (Å²) in [6.45, 7) is 11.2. The molecule has 7 heteroatoms. The summed E-state index contributed by atoms with van der Waals surface area (Å²) in [6, 6.07) is 4.28. The van der Waals surface area contributed by atoms with Crippen LogP contribution in [0.25, 0.3) is 0 Å². The van der Waals surface area contributed by atoms with Crippen LogP contribution in [-0.2, 0) is 6.54 Å². The third kappa shape index (κ3) is 7.26. The van der Waals surface area contributed by atoms with E-state index in [2.05, 4.69) is 65.1 Å². The van der Waals surface area contributed by atoms with Crippen molar-refractivity contribution < 1.29 is 0 Å². The van der Waals surface area contributed by atoms with E-state index in [1.807, 2.05) is 6.20 Å². The van der Waals surface area contributed by atoms with Crippen molar-refractivity contribution in [3.8, 4) is 0 Å². The van der Waals surface area contributed by atoms with E-state index in [1.165, 1.54) is 12.8 Å². The molecule has 6 nitrogen and oxygen atoms in total. The van der Waals surface area contributed by atoms with Crippen molar-refractivity contribution in [2.24, 2.45) is 4.99 Å². The molecule has 0 radical (unpaired) electrons. The average molecular weight is 474 g/mol. The first kappa shape index (κ1) is 23.0. The summed E-state index contributed by atoms with van der Waals surface area (Å²) in [5.74, 6) is 2.05. The second kappa shape index (κ2) is 12.3. The van der Waals surface area contributed by atoms with Gasteiger partial charge in [0.05, 0.1) is 6.54 Å². The summed E-state index contributed by atoms with van der Waals surface area (Å²) in [5, 5.41) is 3.37. The predicted octanol–water partition coefficient (Wildman–Crippen LogP) is 2.65. The van der Waals surface area contributed by atoms with Crippen molar-refractivity contribution >= 4 is 35.8 Å². The molecular weight excluding hydrogens is 439 g/mol. The van der Waals surface area contributed by atoms with Crippen LogP contribution in [0.4, 0.5) is 5.82 Å². The van der Waals surface area contributed by atoms with Crippen molar-refractivity contribution in [2.45, 2.75) is 33.2 Å². The van der Waals surface area contributed by atoms with E-state index in [4.69, 9.17) is 4.99 Å². The highest BCUT2D eigenvalue weighted by molar-refractivity contribution is 14.0. The molecule has 1 N–H and O–H groups in total. The van der Waals surface area contributed by atoms with E-state index in [-0.39, 0.29) is 24.0 Å². The summed E-state index contributed by atoms with van der Waals surface area (Å²) in [4.78, 5) is 16.3. The zero-order valence-corrected chi connectivity index (χ0v) is 19.1. The Morgan fingerprint density at radius 2 is 1.96 bits per heavy atom. The Labute approximate surface area is 176 Å². The smallest absolute Gasteiger partial charge is 0.193 e. The molecule has 0 aromatic carbocycles. The highest BCUT2D eigenvalue weighted by Gasteiger charge is 2.14. The van der Waals surface area contributed by atoms with Gasteiger partial charge in [-0.25, -0.2) is 9.98 Å². The molecule has 2 heterocycles. The molecular formula is C19H35IN6. The molecule has 1 aliphatic heterocycles. The topological polar surface area (TPSA) is 47.0 Å². The second-order valence-corrected chi connectivity index (χ2v) is 6.76. The molecule has 0 spiro atoms. The van der Waals surface area contributed by atoms with E-state index in [9.17, 15) is 0 Å². The van der Waals surface area contributed by atoms with Gasteiger partial charge in [0.1, 0.15) is 5.82 Å². The van der Waals surface area contributed by atoms with Crippen LogP contribution in [0.15, 0.2) is 23.3 Å². The highest BCUT2D eigenvalue weighted by Crippen LogP contribution is 2.14. The number of halogens is 1. The van der Waals surface area contributed by atoms with E-state index in [0.29, 0.717) is 6.54 Å². The first-order valence-electron chi connectivity index (χ1n) is 9.52. The first-order chi connectivity index (χ1) is 12.1. The van der Waals surface area contributed by atoms with Gasteiger partial charge in [0.25, 0.3) is 0 Å². The minimum atomic E-state index is 0. The Morgan fingerprint density at radius 3 is 2.54 bits per heavy atom. The molecule has 26 heavy (non-hydrogen) atoms. The van der Waals surface area contributed by atoms with Crippen molar-refractivity contribution in [3.05, 3.63) is 23.9 Å². The van der Waals surface area contributed by atoms with Gasteiger partial charge in [-0.1, -0.05) is 19.4 Å². The molecule has 0 atom stereocenters. The Kier molecular flexibility index (Phi) is 10.9. The summed E-state index contributed by atoms with van der Waals surface area (Å²) in [7, 11) is 4.27. The van der Waals surface area contributed by atoms with Crippen molar-refractivity contribution in [3.63, 3.8) is 0 Å². The molecule has 2 rings (SSSR count). The Morgan fingerprint density at radius 1 is 1.23 bits per heavy atom. The second-order valence-electron chi connectivity index (χ2n) is 6.76. The van der Waals surface area contributed by atoms with Gasteiger partial charge in [-0.15, -0.1) is 24.0 Å². The van der Waals surface area contributed by atoms with Crippen molar-refractivity contribution in [1.82, 2.24) is 20.1 Å². The Balaban J connectivity index is 0.00000338. The van der Waals surface area contributed by atoms with E-state index in [1.54, 1.807) is 0 Å². The number of aliphatic imine (C=N–C) groups is 1. The third-order valence-corrected chi connectivity index (χ3v) is 4.59. The molecule has 0 saturated carbocycles. The van der Waals surface area contributed by atoms with E-state index < -0.39 is 0 Å². The molecule has 1 aromatic heterocycles. The molecule has 0 bridgehead atoms. The normalized spacial score (nSPS) is 15.5. The number of likely N-dealkylation sites (N-methyl/N-ethyl adjacent to an activating group) is 1. The van der Waals surface area contributed by atoms with Gasteiger partial charge in [0.15, 0.2) is 5.96 Å². The molecule has 0 aliphatic carbocycles. The number of nitrogens with zero attached hydrogens (tertiary/aromatic N) is 5. The van der Waals surface area contributed by atoms with Gasteiger partial charge in [-0.05, 0) is 32.0 Å². The van der Waals surface area contributed by atoms with Gasteiger partial charge < -0.3 is 20.0 Å². The summed E-state index contributed by atoms with van der Waals surface area (Å²) < 4.78 is 0. The number of rotatable bonds is 7. The van der Waals surface area contributed by atoms with Crippen LogP contribution in [-0.4, -0.2) is 74.1 Å². The van der Waals surface area contributed by atoms with E-state index in [0.717, 1.165) is 56.6 Å². The zero-order chi connectivity index (χ0) is 18.1. The molecule has 1 aromatic rings. The lowest BCUT2D eigenvalue weighted by Crippen LogP contribution is -2.44. The number of pyridine rings is 1. The van der Waals surface area contributed by atoms with Crippen LogP contribution in [0.1, 0.15) is 32.3 Å². The highest BCUT2D eigenvalue weighted by atomic mass is 127. The van der Waals surface area contributed by atoms with Crippen molar-refractivity contribution in [1.29, 1.82) is 0 Å². The molecule has 0 amide bonds. The van der Waals surface area contributed by atoms with Crippen LogP contribution >= 0.6 is 24.0 Å². The summed E-state index contributed by atoms with van der Waals surface area (Å²) in [6.07, 6.45) is 4.34. The molecule has 1 saturated heterocycles. The zero-order valence-electron chi connectivity index (χ0n) is 16.7. The minimum absolute atomic E-state index is 0. The van der Waals surface area contributed by atoms with Gasteiger partial charge >= 0.3 is 0 Å². The standard InChI is InChI=1S/C19H34N6.HI/c1-5-7-10-24(4)19(20-6-2)22-16-17-8-9-18(21-15-17)25-13-11-23(3)12-14-25;/h8-9,15H,5-7,10-14,16H2,1-4H3,(H,20,22);1H. The monoisotopic (exact) mass is 474 g/mol. The predicted molar refractivity (Wildman–Crippen MR) is 122 cm³/mol. The fourth-order valence-electron chi connectivity index (χ4n) is 2.87. The van der Waals surface area contributed by atoms with Crippen LogP contribution in [0, 0.1) is 0 Å². The minimum Gasteiger partial charge on any atom is -0.357 e.